The molecule has 1 heterocycles. The van der Waals surface area contributed by atoms with Crippen molar-refractivity contribution in [3.63, 3.8) is 0 Å². The first-order valence-corrected chi connectivity index (χ1v) is 15.0. The third-order valence-corrected chi connectivity index (χ3v) is 9.13. The van der Waals surface area contributed by atoms with Crippen molar-refractivity contribution in [2.24, 2.45) is 0 Å². The van der Waals surface area contributed by atoms with Gasteiger partial charge in [-0.2, -0.15) is 0 Å². The zero-order chi connectivity index (χ0) is 28.6. The van der Waals surface area contributed by atoms with Gasteiger partial charge in [-0.1, -0.05) is 13.0 Å². The second-order valence-electron chi connectivity index (χ2n) is 9.19. The van der Waals surface area contributed by atoms with Crippen molar-refractivity contribution in [1.82, 2.24) is 0 Å². The molecule has 2 aromatic carbocycles. The van der Waals surface area contributed by atoms with Crippen molar-refractivity contribution in [3.05, 3.63) is 64.0 Å². The number of fused-ring (bicyclic) bond motifs is 1. The molecule has 0 bridgehead atoms. The molecule has 4 rings (SSSR count). The fourth-order valence-corrected chi connectivity index (χ4v) is 6.87. The van der Waals surface area contributed by atoms with Crippen LogP contribution in [0.5, 0.6) is 11.5 Å². The van der Waals surface area contributed by atoms with E-state index >= 15 is 0 Å². The molecule has 1 aliphatic carbocycles. The topological polar surface area (TPSA) is 103 Å². The van der Waals surface area contributed by atoms with E-state index in [1.807, 2.05) is 25.1 Å². The number of methoxy groups -OCH3 is 2. The van der Waals surface area contributed by atoms with Gasteiger partial charge in [0.05, 0.1) is 31.6 Å². The molecule has 212 valence electrons. The number of ether oxygens (including phenoxy) is 3. The third kappa shape index (κ3) is 6.79. The van der Waals surface area contributed by atoms with Crippen molar-refractivity contribution < 1.29 is 28.6 Å². The lowest BCUT2D eigenvalue weighted by Gasteiger charge is -2.16. The maximum atomic E-state index is 13.4. The Morgan fingerprint density at radius 3 is 2.48 bits per heavy atom. The number of nitrogens with one attached hydrogen (secondary N) is 2. The van der Waals surface area contributed by atoms with Crippen molar-refractivity contribution in [2.45, 2.75) is 56.1 Å². The molecule has 0 spiro atoms. The number of hydrogen-bond acceptors (Lipinski definition) is 8. The Labute approximate surface area is 242 Å². The van der Waals surface area contributed by atoms with Gasteiger partial charge in [0, 0.05) is 21.0 Å². The summed E-state index contributed by atoms with van der Waals surface area (Å²) in [5.74, 6) is 0.167. The van der Waals surface area contributed by atoms with E-state index in [2.05, 4.69) is 10.6 Å². The number of aryl methyl sites for hydroxylation is 1. The van der Waals surface area contributed by atoms with Crippen LogP contribution < -0.4 is 20.1 Å². The molecular weight excluding hydrogens is 548 g/mol. The van der Waals surface area contributed by atoms with Gasteiger partial charge in [0.15, 0.2) is 11.5 Å². The van der Waals surface area contributed by atoms with Crippen LogP contribution in [0.1, 0.15) is 64.3 Å². The average molecular weight is 583 g/mol. The fourth-order valence-electron chi connectivity index (χ4n) is 4.58. The van der Waals surface area contributed by atoms with Crippen LogP contribution in [-0.4, -0.2) is 43.9 Å². The maximum absolute atomic E-state index is 13.4. The largest absolute Gasteiger partial charge is 0.493 e. The van der Waals surface area contributed by atoms with Gasteiger partial charge in [0.25, 0.3) is 5.91 Å². The highest BCUT2D eigenvalue weighted by Crippen LogP contribution is 2.39. The summed E-state index contributed by atoms with van der Waals surface area (Å²) in [6.45, 7) is 4.01. The zero-order valence-corrected chi connectivity index (χ0v) is 24.8. The number of amides is 2. The number of esters is 1. The summed E-state index contributed by atoms with van der Waals surface area (Å²) >= 11 is 2.90. The highest BCUT2D eigenvalue weighted by molar-refractivity contribution is 8.00. The van der Waals surface area contributed by atoms with Gasteiger partial charge in [-0.25, -0.2) is 4.79 Å². The molecule has 0 fully saturated rings. The molecule has 1 unspecified atom stereocenters. The molecule has 2 N–H and O–H groups in total. The molecule has 1 atom stereocenters. The lowest BCUT2D eigenvalue weighted by molar-refractivity contribution is -0.115. The number of rotatable bonds is 11. The minimum Gasteiger partial charge on any atom is -0.493 e. The number of carbonyl (C=O) groups is 3. The first-order chi connectivity index (χ1) is 19.4. The van der Waals surface area contributed by atoms with Gasteiger partial charge in [0.2, 0.25) is 5.91 Å². The number of carbonyl (C=O) groups excluding carboxylic acids is 3. The predicted octanol–water partition coefficient (Wildman–Crippen LogP) is 6.58. The summed E-state index contributed by atoms with van der Waals surface area (Å²) < 4.78 is 15.9. The Kier molecular flexibility index (Phi) is 10.1. The molecule has 0 aliphatic heterocycles. The lowest BCUT2D eigenvalue weighted by atomic mass is 9.95. The van der Waals surface area contributed by atoms with Crippen LogP contribution >= 0.6 is 23.1 Å². The molecule has 3 aromatic rings. The number of anilines is 2. The van der Waals surface area contributed by atoms with E-state index in [0.29, 0.717) is 39.7 Å². The monoisotopic (exact) mass is 582 g/mol. The van der Waals surface area contributed by atoms with Gasteiger partial charge in [0.1, 0.15) is 5.00 Å². The molecule has 10 heteroatoms. The van der Waals surface area contributed by atoms with Gasteiger partial charge in [-0.05, 0) is 81.0 Å². The SMILES string of the molecule is CCOC(=O)c1c(NC(=O)C(CC)Sc2cccc(NC(=O)c3ccc(OC)c(OC)c3)c2)sc2c1CCCC2. The van der Waals surface area contributed by atoms with Gasteiger partial charge < -0.3 is 24.8 Å². The molecule has 0 radical (unpaired) electrons. The fraction of sp³-hybridized carbons (Fsp3) is 0.367. The normalized spacial score (nSPS) is 13.1. The van der Waals surface area contributed by atoms with Crippen LogP contribution in [0, 0.1) is 0 Å². The van der Waals surface area contributed by atoms with Crippen LogP contribution in [0.4, 0.5) is 10.7 Å². The third-order valence-electron chi connectivity index (χ3n) is 6.57. The first kappa shape index (κ1) is 29.5. The average Bonchev–Trinajstić information content (AvgIpc) is 3.33. The van der Waals surface area contributed by atoms with Crippen molar-refractivity contribution in [3.8, 4) is 11.5 Å². The van der Waals surface area contributed by atoms with E-state index in [4.69, 9.17) is 14.2 Å². The minimum absolute atomic E-state index is 0.170. The number of benzene rings is 2. The highest BCUT2D eigenvalue weighted by atomic mass is 32.2. The second-order valence-corrected chi connectivity index (χ2v) is 11.6. The first-order valence-electron chi connectivity index (χ1n) is 13.3. The second kappa shape index (κ2) is 13.7. The minimum atomic E-state index is -0.397. The summed E-state index contributed by atoms with van der Waals surface area (Å²) in [4.78, 5) is 41.0. The zero-order valence-electron chi connectivity index (χ0n) is 23.1. The van der Waals surface area contributed by atoms with Gasteiger partial charge >= 0.3 is 5.97 Å². The van der Waals surface area contributed by atoms with Crippen LogP contribution in [0.25, 0.3) is 0 Å². The standard InChI is InChI=1S/C30H34N2O6S2/c1-5-24(28(34)32-29-26(30(35)38-6-2)21-12-7-8-13-25(21)40-29)39-20-11-9-10-19(17-20)31-27(33)18-14-15-22(36-3)23(16-18)37-4/h9-11,14-17,24H,5-8,12-13H2,1-4H3,(H,31,33)(H,32,34). The Morgan fingerprint density at radius 2 is 1.75 bits per heavy atom. The van der Waals surface area contributed by atoms with Crippen molar-refractivity contribution >= 4 is 51.6 Å². The Balaban J connectivity index is 1.47. The molecule has 2 amide bonds. The van der Waals surface area contributed by atoms with E-state index in [-0.39, 0.29) is 24.4 Å². The maximum Gasteiger partial charge on any atom is 0.341 e. The van der Waals surface area contributed by atoms with Crippen LogP contribution in [0.3, 0.4) is 0 Å². The van der Waals surface area contributed by atoms with E-state index in [1.165, 1.54) is 37.3 Å². The summed E-state index contributed by atoms with van der Waals surface area (Å²) in [6.07, 6.45) is 4.42. The summed E-state index contributed by atoms with van der Waals surface area (Å²) in [6, 6.07) is 12.3. The molecule has 1 aromatic heterocycles. The molecule has 1 aliphatic rings. The Morgan fingerprint density at radius 1 is 0.975 bits per heavy atom. The lowest BCUT2D eigenvalue weighted by Crippen LogP contribution is -2.25. The molecular formula is C30H34N2O6S2. The molecule has 0 saturated carbocycles. The summed E-state index contributed by atoms with van der Waals surface area (Å²) in [5.41, 5.74) is 2.56. The van der Waals surface area contributed by atoms with Gasteiger partial charge in [-0.15, -0.1) is 23.1 Å². The van der Waals surface area contributed by atoms with E-state index in [0.717, 1.165) is 41.0 Å². The number of hydrogen-bond donors (Lipinski definition) is 2. The van der Waals surface area contributed by atoms with E-state index < -0.39 is 5.25 Å². The van der Waals surface area contributed by atoms with E-state index in [9.17, 15) is 14.4 Å². The number of thioether (sulfide) groups is 1. The summed E-state index contributed by atoms with van der Waals surface area (Å²) in [5, 5.41) is 6.12. The molecule has 0 saturated heterocycles. The Bertz CT molecular complexity index is 1390. The quantitative estimate of drug-likeness (QED) is 0.194. The van der Waals surface area contributed by atoms with Crippen molar-refractivity contribution in [1.29, 1.82) is 0 Å². The van der Waals surface area contributed by atoms with Crippen LogP contribution in [0.2, 0.25) is 0 Å². The van der Waals surface area contributed by atoms with Gasteiger partial charge in [-0.3, -0.25) is 9.59 Å². The highest BCUT2D eigenvalue weighted by Gasteiger charge is 2.29. The Hall–Kier alpha value is -3.50. The van der Waals surface area contributed by atoms with Crippen LogP contribution in [0.15, 0.2) is 47.4 Å². The predicted molar refractivity (Wildman–Crippen MR) is 159 cm³/mol. The smallest absolute Gasteiger partial charge is 0.341 e. The molecule has 40 heavy (non-hydrogen) atoms. The molecule has 8 nitrogen and oxygen atoms in total. The summed E-state index contributed by atoms with van der Waals surface area (Å²) in [7, 11) is 3.06. The van der Waals surface area contributed by atoms with E-state index in [1.54, 1.807) is 31.2 Å². The van der Waals surface area contributed by atoms with Crippen LogP contribution in [-0.2, 0) is 22.4 Å². The number of thiophene rings is 1. The van der Waals surface area contributed by atoms with Crippen molar-refractivity contribution in [2.75, 3.05) is 31.5 Å².